The lowest BCUT2D eigenvalue weighted by molar-refractivity contribution is -0.310. The molecule has 0 unspecified atom stereocenters. The second-order valence-corrected chi connectivity index (χ2v) is 3.95. The average molecular weight is 347 g/mol. The second kappa shape index (κ2) is 5.38. The zero-order valence-electron chi connectivity index (χ0n) is 9.33. The summed E-state index contributed by atoms with van der Waals surface area (Å²) >= 11 is 0. The molecule has 0 atom stereocenters. The quantitative estimate of drug-likeness (QED) is 0.572. The molecule has 0 fully saturated rings. The van der Waals surface area contributed by atoms with Crippen molar-refractivity contribution in [2.75, 3.05) is 0 Å². The molecule has 0 rings (SSSR count). The van der Waals surface area contributed by atoms with E-state index < -0.39 is 49.1 Å². The number of halogens is 13. The summed E-state index contributed by atoms with van der Waals surface area (Å²) in [5.74, 6) is -24.5. The highest BCUT2D eigenvalue weighted by Gasteiger charge is 2.69. The maximum atomic E-state index is 12.7. The van der Waals surface area contributed by atoms with Gasteiger partial charge < -0.3 is 0 Å². The summed E-state index contributed by atoms with van der Waals surface area (Å²) in [6, 6.07) is 0. The van der Waals surface area contributed by atoms with Crippen LogP contribution in [0.1, 0.15) is 12.8 Å². The van der Waals surface area contributed by atoms with Crippen LogP contribution in [0, 0.1) is 6.43 Å². The fourth-order valence-electron chi connectivity index (χ4n) is 1.06. The minimum atomic E-state index is -6.55. The third-order valence-corrected chi connectivity index (χ3v) is 2.07. The molecule has 0 spiro atoms. The fraction of sp³-hybridized carbons (Fsp3) is 0.875. The zero-order chi connectivity index (χ0) is 17.5. The van der Waals surface area contributed by atoms with Crippen LogP contribution in [-0.4, -0.2) is 29.9 Å². The van der Waals surface area contributed by atoms with Gasteiger partial charge in [-0.25, -0.2) is 8.78 Å². The van der Waals surface area contributed by atoms with Gasteiger partial charge in [0.2, 0.25) is 0 Å². The highest BCUT2D eigenvalue weighted by Crippen LogP contribution is 2.51. The molecule has 127 valence electrons. The lowest BCUT2D eigenvalue weighted by Crippen LogP contribution is -2.49. The monoisotopic (exact) mass is 347 g/mol. The molecular weight excluding hydrogens is 343 g/mol. The van der Waals surface area contributed by atoms with E-state index in [9.17, 15) is 57.1 Å². The average Bonchev–Trinajstić information content (AvgIpc) is 2.10. The molecule has 0 heterocycles. The van der Waals surface area contributed by atoms with Crippen LogP contribution < -0.4 is 0 Å². The highest BCUT2D eigenvalue weighted by atomic mass is 19.4. The maximum absolute atomic E-state index is 12.7. The minimum absolute atomic E-state index is 3.58. The molecule has 0 aliphatic heterocycles. The summed E-state index contributed by atoms with van der Waals surface area (Å²) in [4.78, 5) is 0. The van der Waals surface area contributed by atoms with E-state index in [1.54, 1.807) is 0 Å². The van der Waals surface area contributed by atoms with E-state index in [0.29, 0.717) is 0 Å². The van der Waals surface area contributed by atoms with Gasteiger partial charge in [0.25, 0.3) is 5.92 Å². The van der Waals surface area contributed by atoms with Crippen LogP contribution in [0.2, 0.25) is 0 Å². The van der Waals surface area contributed by atoms with Crippen molar-refractivity contribution in [3.05, 3.63) is 6.43 Å². The third-order valence-electron chi connectivity index (χ3n) is 2.07. The van der Waals surface area contributed by atoms with E-state index >= 15 is 0 Å². The summed E-state index contributed by atoms with van der Waals surface area (Å²) in [6.45, 7) is 0. The van der Waals surface area contributed by atoms with Crippen molar-refractivity contribution in [3.63, 3.8) is 0 Å². The Morgan fingerprint density at radius 1 is 0.571 bits per heavy atom. The summed E-state index contributed by atoms with van der Waals surface area (Å²) in [6.07, 6.45) is -18.0. The molecule has 0 amide bonds. The highest BCUT2D eigenvalue weighted by molar-refractivity contribution is 4.99. The summed E-state index contributed by atoms with van der Waals surface area (Å²) in [5, 5.41) is 0. The van der Waals surface area contributed by atoms with E-state index in [2.05, 4.69) is 0 Å². The van der Waals surface area contributed by atoms with Crippen LogP contribution in [0.4, 0.5) is 57.1 Å². The number of rotatable bonds is 6. The van der Waals surface area contributed by atoms with Gasteiger partial charge in [0.1, 0.15) is 0 Å². The van der Waals surface area contributed by atoms with E-state index in [0.717, 1.165) is 0 Å². The first kappa shape index (κ1) is 20.1. The number of hydrogen-bond donors (Lipinski definition) is 0. The molecule has 0 nitrogen and oxygen atoms in total. The largest absolute Gasteiger partial charge is 0.453 e. The van der Waals surface area contributed by atoms with Gasteiger partial charge in [0.15, 0.2) is 0 Å². The van der Waals surface area contributed by atoms with E-state index in [1.807, 2.05) is 0 Å². The Morgan fingerprint density at radius 3 is 1.19 bits per heavy atom. The predicted octanol–water partition coefficient (Wildman–Crippen LogP) is 5.30. The molecule has 0 saturated heterocycles. The van der Waals surface area contributed by atoms with Gasteiger partial charge in [-0.2, -0.15) is 48.3 Å². The Morgan fingerprint density at radius 2 is 0.905 bits per heavy atom. The Hall–Kier alpha value is -0.910. The lowest BCUT2D eigenvalue weighted by Gasteiger charge is -2.30. The van der Waals surface area contributed by atoms with Gasteiger partial charge in [-0.15, -0.1) is 0 Å². The Bertz CT molecular complexity index is 352. The van der Waals surface area contributed by atoms with Crippen molar-refractivity contribution in [2.24, 2.45) is 0 Å². The Kier molecular flexibility index (Phi) is 5.14. The van der Waals surface area contributed by atoms with Gasteiger partial charge in [-0.1, -0.05) is 0 Å². The van der Waals surface area contributed by atoms with Crippen LogP contribution in [0.3, 0.4) is 0 Å². The van der Waals surface area contributed by atoms with Crippen molar-refractivity contribution in [1.29, 1.82) is 0 Å². The van der Waals surface area contributed by atoms with Crippen LogP contribution >= 0.6 is 0 Å². The predicted molar refractivity (Wildman–Crippen MR) is 40.5 cm³/mol. The molecule has 0 aliphatic rings. The van der Waals surface area contributed by atoms with Crippen molar-refractivity contribution in [3.8, 4) is 0 Å². The smallest absolute Gasteiger partial charge is 0.206 e. The van der Waals surface area contributed by atoms with E-state index in [-0.39, 0.29) is 0 Å². The maximum Gasteiger partial charge on any atom is 0.453 e. The van der Waals surface area contributed by atoms with Gasteiger partial charge >= 0.3 is 30.4 Å². The minimum Gasteiger partial charge on any atom is -0.206 e. The summed E-state index contributed by atoms with van der Waals surface area (Å²) in [7, 11) is 0. The Labute approximate surface area is 107 Å². The summed E-state index contributed by atoms with van der Waals surface area (Å²) < 4.78 is 157. The number of hydrogen-bond acceptors (Lipinski definition) is 0. The standard InChI is InChI=1S/C8H4F13/c9-3(10)7(17,18)5(13,14)1-4(11,12)2-6(15,16)8(19,20)21/h1-2H2. The van der Waals surface area contributed by atoms with Crippen molar-refractivity contribution in [2.45, 2.75) is 42.7 Å². The normalized spacial score (nSPS) is 15.7. The van der Waals surface area contributed by atoms with Gasteiger partial charge in [-0.05, 0) is 0 Å². The Balaban J connectivity index is 5.22. The summed E-state index contributed by atoms with van der Waals surface area (Å²) in [5.41, 5.74) is 0. The van der Waals surface area contributed by atoms with Gasteiger partial charge in [0, 0.05) is 0 Å². The fourth-order valence-corrected chi connectivity index (χ4v) is 1.06. The van der Waals surface area contributed by atoms with Crippen LogP contribution in [0.5, 0.6) is 0 Å². The van der Waals surface area contributed by atoms with Gasteiger partial charge in [-0.3, -0.25) is 0 Å². The first-order valence-electron chi connectivity index (χ1n) is 4.62. The first-order chi connectivity index (χ1) is 8.86. The molecule has 1 radical (unpaired) electrons. The zero-order valence-corrected chi connectivity index (χ0v) is 9.33. The molecule has 0 saturated carbocycles. The van der Waals surface area contributed by atoms with Crippen molar-refractivity contribution < 1.29 is 57.1 Å². The topological polar surface area (TPSA) is 0 Å². The van der Waals surface area contributed by atoms with E-state index in [1.165, 1.54) is 0 Å². The molecule has 0 aromatic heterocycles. The molecular formula is C8H4F13. The molecule has 0 N–H and O–H groups in total. The van der Waals surface area contributed by atoms with Crippen LogP contribution in [0.25, 0.3) is 0 Å². The van der Waals surface area contributed by atoms with Crippen molar-refractivity contribution >= 4 is 0 Å². The molecule has 21 heavy (non-hydrogen) atoms. The molecule has 0 bridgehead atoms. The van der Waals surface area contributed by atoms with E-state index in [4.69, 9.17) is 0 Å². The number of alkyl halides is 11. The third kappa shape index (κ3) is 4.53. The second-order valence-electron chi connectivity index (χ2n) is 3.95. The molecule has 0 aromatic carbocycles. The molecule has 13 heteroatoms. The van der Waals surface area contributed by atoms with Gasteiger partial charge in [0.05, 0.1) is 12.8 Å². The van der Waals surface area contributed by atoms with Crippen molar-refractivity contribution in [1.82, 2.24) is 0 Å². The van der Waals surface area contributed by atoms with Crippen LogP contribution in [0.15, 0.2) is 0 Å². The SMILES string of the molecule is F[C](F)C(F)(F)C(F)(F)CC(F)(F)CC(F)(F)C(F)(F)F. The first-order valence-corrected chi connectivity index (χ1v) is 4.62. The lowest BCUT2D eigenvalue weighted by atomic mass is 9.99. The molecule has 0 aromatic rings. The van der Waals surface area contributed by atoms with Crippen LogP contribution in [-0.2, 0) is 0 Å². The molecule has 0 aliphatic carbocycles.